The molecule has 11 nitrogen and oxygen atoms in total. The Balaban J connectivity index is 1.42. The van der Waals surface area contributed by atoms with Gasteiger partial charge < -0.3 is 19.1 Å². The van der Waals surface area contributed by atoms with E-state index in [1.54, 1.807) is 59.5 Å². The summed E-state index contributed by atoms with van der Waals surface area (Å²) in [7, 11) is -2.68. The minimum Gasteiger partial charge on any atom is -0.495 e. The number of sulfonamides is 1. The van der Waals surface area contributed by atoms with Crippen molar-refractivity contribution in [3.63, 3.8) is 0 Å². The topological polar surface area (TPSA) is 127 Å². The van der Waals surface area contributed by atoms with E-state index < -0.39 is 22.5 Å². The molecular formula is C30H34N4O7S. The van der Waals surface area contributed by atoms with Crippen LogP contribution in [0.5, 0.6) is 11.5 Å². The van der Waals surface area contributed by atoms with Gasteiger partial charge in [0.05, 0.1) is 37.1 Å². The Kier molecular flexibility index (Phi) is 10.2. The van der Waals surface area contributed by atoms with Crippen LogP contribution in [-0.2, 0) is 24.3 Å². The lowest BCUT2D eigenvalue weighted by Crippen LogP contribution is -2.42. The van der Waals surface area contributed by atoms with E-state index in [2.05, 4.69) is 10.5 Å². The van der Waals surface area contributed by atoms with Gasteiger partial charge in [-0.1, -0.05) is 23.8 Å². The van der Waals surface area contributed by atoms with E-state index in [4.69, 9.17) is 14.2 Å². The van der Waals surface area contributed by atoms with Gasteiger partial charge in [-0.05, 0) is 73.5 Å². The summed E-state index contributed by atoms with van der Waals surface area (Å²) in [6, 6.07) is 18.3. The zero-order valence-electron chi connectivity index (χ0n) is 23.8. The molecule has 222 valence electrons. The molecule has 0 saturated carbocycles. The Morgan fingerprint density at radius 2 is 1.67 bits per heavy atom. The van der Waals surface area contributed by atoms with Crippen molar-refractivity contribution < 1.29 is 32.2 Å². The second-order valence-corrected chi connectivity index (χ2v) is 11.5. The molecule has 1 saturated heterocycles. The normalized spacial score (nSPS) is 13.5. The van der Waals surface area contributed by atoms with Gasteiger partial charge in [0.1, 0.15) is 18.0 Å². The van der Waals surface area contributed by atoms with Crippen LogP contribution in [0.15, 0.2) is 76.7 Å². The highest BCUT2D eigenvalue weighted by molar-refractivity contribution is 7.92. The lowest BCUT2D eigenvalue weighted by Gasteiger charge is -2.26. The maximum absolute atomic E-state index is 13.7. The predicted octanol–water partition coefficient (Wildman–Crippen LogP) is 2.90. The van der Waals surface area contributed by atoms with Gasteiger partial charge in [0.2, 0.25) is 0 Å². The molecule has 0 unspecified atom stereocenters. The van der Waals surface area contributed by atoms with Crippen molar-refractivity contribution in [3.05, 3.63) is 83.4 Å². The van der Waals surface area contributed by atoms with Crippen LogP contribution in [0.4, 0.5) is 5.69 Å². The van der Waals surface area contributed by atoms with Gasteiger partial charge in [0, 0.05) is 13.1 Å². The zero-order chi connectivity index (χ0) is 30.1. The standard InChI is InChI=1S/C30H34N4O7S/c1-22-4-11-26(12-5-22)42(37,38)34(27-18-23(2)6-13-28(27)39-3)20-29(35)32-31-19-24-7-9-25(10-8-24)41-21-30(36)33-14-16-40-17-15-33/h4-13,18-19H,14-17,20-21H2,1-3H3,(H,32,35)/b31-19-. The molecule has 1 aliphatic heterocycles. The molecule has 1 fully saturated rings. The number of anilines is 1. The van der Waals surface area contributed by atoms with Crippen LogP contribution in [0, 0.1) is 13.8 Å². The molecule has 0 atom stereocenters. The predicted molar refractivity (Wildman–Crippen MR) is 159 cm³/mol. The second kappa shape index (κ2) is 14.0. The first-order chi connectivity index (χ1) is 20.2. The van der Waals surface area contributed by atoms with Crippen molar-refractivity contribution in [2.75, 3.05) is 50.9 Å². The number of hydrogen-bond donors (Lipinski definition) is 1. The molecule has 1 aliphatic rings. The van der Waals surface area contributed by atoms with Crippen molar-refractivity contribution >= 4 is 33.7 Å². The van der Waals surface area contributed by atoms with E-state index in [1.807, 2.05) is 13.8 Å². The number of hydrazone groups is 1. The van der Waals surface area contributed by atoms with Crippen molar-refractivity contribution in [2.45, 2.75) is 18.7 Å². The van der Waals surface area contributed by atoms with E-state index in [0.29, 0.717) is 43.4 Å². The molecule has 1 N–H and O–H groups in total. The first-order valence-electron chi connectivity index (χ1n) is 13.3. The molecule has 0 spiro atoms. The SMILES string of the molecule is COc1ccc(C)cc1N(CC(=O)N/N=C\c1ccc(OCC(=O)N2CCOCC2)cc1)S(=O)(=O)c1ccc(C)cc1. The molecule has 0 bridgehead atoms. The van der Waals surface area contributed by atoms with Gasteiger partial charge in [-0.15, -0.1) is 0 Å². The van der Waals surface area contributed by atoms with E-state index in [-0.39, 0.29) is 23.1 Å². The zero-order valence-corrected chi connectivity index (χ0v) is 24.6. The molecule has 1 heterocycles. The van der Waals surface area contributed by atoms with Crippen LogP contribution in [0.25, 0.3) is 0 Å². The van der Waals surface area contributed by atoms with Crippen molar-refractivity contribution in [2.24, 2.45) is 5.10 Å². The molecule has 3 aromatic carbocycles. The summed E-state index contributed by atoms with van der Waals surface area (Å²) < 4.78 is 44.6. The number of aryl methyl sites for hydroxylation is 2. The third-order valence-electron chi connectivity index (χ3n) is 6.51. The lowest BCUT2D eigenvalue weighted by molar-refractivity contribution is -0.137. The summed E-state index contributed by atoms with van der Waals surface area (Å²) in [6.07, 6.45) is 1.42. The number of nitrogens with one attached hydrogen (secondary N) is 1. The Bertz CT molecular complexity index is 1520. The lowest BCUT2D eigenvalue weighted by atomic mass is 10.2. The van der Waals surface area contributed by atoms with E-state index in [1.165, 1.54) is 25.5 Å². The monoisotopic (exact) mass is 594 g/mol. The van der Waals surface area contributed by atoms with Crippen LogP contribution < -0.4 is 19.2 Å². The first-order valence-corrected chi connectivity index (χ1v) is 14.8. The number of amides is 2. The first kappa shape index (κ1) is 30.5. The Hall–Kier alpha value is -4.42. The maximum atomic E-state index is 13.7. The third-order valence-corrected chi connectivity index (χ3v) is 8.28. The molecule has 0 aromatic heterocycles. The third kappa shape index (κ3) is 7.86. The summed E-state index contributed by atoms with van der Waals surface area (Å²) in [4.78, 5) is 26.9. The number of benzene rings is 3. The number of rotatable bonds is 11. The van der Waals surface area contributed by atoms with Gasteiger partial charge in [-0.25, -0.2) is 13.8 Å². The second-order valence-electron chi connectivity index (χ2n) is 9.64. The maximum Gasteiger partial charge on any atom is 0.264 e. The summed E-state index contributed by atoms with van der Waals surface area (Å²) in [5.74, 6) is 0.0730. The quantitative estimate of drug-likeness (QED) is 0.267. The van der Waals surface area contributed by atoms with Gasteiger partial charge in [0.15, 0.2) is 6.61 Å². The minimum atomic E-state index is -4.12. The molecule has 4 rings (SSSR count). The fourth-order valence-corrected chi connectivity index (χ4v) is 5.60. The van der Waals surface area contributed by atoms with Crippen LogP contribution in [0.2, 0.25) is 0 Å². The molecule has 3 aromatic rings. The largest absolute Gasteiger partial charge is 0.495 e. The number of carbonyl (C=O) groups excluding carboxylic acids is 2. The summed E-state index contributed by atoms with van der Waals surface area (Å²) in [5, 5.41) is 3.99. The Morgan fingerprint density at radius 3 is 2.33 bits per heavy atom. The number of hydrogen-bond acceptors (Lipinski definition) is 8. The van der Waals surface area contributed by atoms with Crippen LogP contribution in [-0.4, -0.2) is 77.9 Å². The average molecular weight is 595 g/mol. The Labute approximate surface area is 245 Å². The molecular weight excluding hydrogens is 560 g/mol. The fourth-order valence-electron chi connectivity index (χ4n) is 4.18. The minimum absolute atomic E-state index is 0.0434. The molecule has 42 heavy (non-hydrogen) atoms. The molecule has 12 heteroatoms. The highest BCUT2D eigenvalue weighted by atomic mass is 32.2. The van der Waals surface area contributed by atoms with Crippen LogP contribution >= 0.6 is 0 Å². The average Bonchev–Trinajstić information content (AvgIpc) is 3.00. The van der Waals surface area contributed by atoms with Crippen molar-refractivity contribution in [1.29, 1.82) is 0 Å². The number of carbonyl (C=O) groups is 2. The number of ether oxygens (including phenoxy) is 3. The Morgan fingerprint density at radius 1 is 1.00 bits per heavy atom. The van der Waals surface area contributed by atoms with E-state index in [0.717, 1.165) is 15.4 Å². The van der Waals surface area contributed by atoms with E-state index >= 15 is 0 Å². The molecule has 2 amide bonds. The number of methoxy groups -OCH3 is 1. The van der Waals surface area contributed by atoms with Gasteiger partial charge >= 0.3 is 0 Å². The summed E-state index contributed by atoms with van der Waals surface area (Å²) in [6.45, 7) is 5.23. The van der Waals surface area contributed by atoms with Crippen molar-refractivity contribution in [1.82, 2.24) is 10.3 Å². The van der Waals surface area contributed by atoms with Gasteiger partial charge in [-0.3, -0.25) is 13.9 Å². The van der Waals surface area contributed by atoms with E-state index in [9.17, 15) is 18.0 Å². The van der Waals surface area contributed by atoms with Crippen LogP contribution in [0.3, 0.4) is 0 Å². The highest BCUT2D eigenvalue weighted by Gasteiger charge is 2.29. The van der Waals surface area contributed by atoms with Gasteiger partial charge in [0.25, 0.3) is 21.8 Å². The van der Waals surface area contributed by atoms with Gasteiger partial charge in [-0.2, -0.15) is 5.10 Å². The molecule has 0 radical (unpaired) electrons. The smallest absolute Gasteiger partial charge is 0.264 e. The summed E-state index contributed by atoms with van der Waals surface area (Å²) >= 11 is 0. The number of nitrogens with zero attached hydrogens (tertiary/aromatic N) is 3. The summed E-state index contributed by atoms with van der Waals surface area (Å²) in [5.41, 5.74) is 5.00. The fraction of sp³-hybridized carbons (Fsp3) is 0.300. The molecule has 0 aliphatic carbocycles. The number of morpholine rings is 1. The van der Waals surface area contributed by atoms with Crippen LogP contribution in [0.1, 0.15) is 16.7 Å². The van der Waals surface area contributed by atoms with Crippen molar-refractivity contribution in [3.8, 4) is 11.5 Å². The highest BCUT2D eigenvalue weighted by Crippen LogP contribution is 2.33.